The number of aryl methyl sites for hydroxylation is 2. The number of hydrogen-bond acceptors (Lipinski definition) is 1. The van der Waals surface area contributed by atoms with E-state index in [0.717, 1.165) is 33.9 Å². The summed E-state index contributed by atoms with van der Waals surface area (Å²) in [5.41, 5.74) is 13.7. The van der Waals surface area contributed by atoms with Gasteiger partial charge in [-0.1, -0.05) is 102 Å². The minimum atomic E-state index is 0.980. The summed E-state index contributed by atoms with van der Waals surface area (Å²) >= 11 is 0. The average Bonchev–Trinajstić information content (AvgIpc) is 3.47. The van der Waals surface area contributed by atoms with Gasteiger partial charge >= 0.3 is 0 Å². The van der Waals surface area contributed by atoms with Gasteiger partial charge in [-0.3, -0.25) is 0 Å². The fourth-order valence-electron chi connectivity index (χ4n) is 4.95. The van der Waals surface area contributed by atoms with Crippen molar-refractivity contribution in [1.29, 1.82) is 0 Å². The van der Waals surface area contributed by atoms with E-state index in [2.05, 4.69) is 128 Å². The minimum Gasteiger partial charge on any atom is -0.354 e. The predicted molar refractivity (Wildman–Crippen MR) is 148 cm³/mol. The van der Waals surface area contributed by atoms with Crippen LogP contribution in [-0.2, 0) is 0 Å². The van der Waals surface area contributed by atoms with Crippen molar-refractivity contribution in [2.75, 3.05) is 0 Å². The lowest BCUT2D eigenvalue weighted by atomic mass is 9.96. The van der Waals surface area contributed by atoms with Gasteiger partial charge in [0.15, 0.2) is 0 Å². The van der Waals surface area contributed by atoms with Crippen molar-refractivity contribution in [3.8, 4) is 22.4 Å². The van der Waals surface area contributed by atoms with E-state index in [9.17, 15) is 0 Å². The standard InChI is InChI=1S/C33H26N2/c1-22-17-23(2)19-26(18-22)33-28-16-10-9-15-27(28)31(35-33)21-32-29(24-11-5-3-6-12-24)20-30(34-32)25-13-7-4-8-14-25/h3-21,34H,1-2H3/b31-21-. The first kappa shape index (κ1) is 21.1. The molecule has 0 amide bonds. The first-order valence-electron chi connectivity index (χ1n) is 12.0. The molecule has 2 heterocycles. The van der Waals surface area contributed by atoms with Gasteiger partial charge in [0.1, 0.15) is 0 Å². The van der Waals surface area contributed by atoms with Crippen LogP contribution in [0.5, 0.6) is 0 Å². The number of aromatic amines is 1. The Morgan fingerprint density at radius 2 is 1.17 bits per heavy atom. The molecule has 0 atom stereocenters. The molecule has 1 N–H and O–H groups in total. The molecule has 0 saturated carbocycles. The zero-order valence-electron chi connectivity index (χ0n) is 19.9. The molecule has 6 rings (SSSR count). The van der Waals surface area contributed by atoms with Crippen molar-refractivity contribution in [3.63, 3.8) is 0 Å². The minimum absolute atomic E-state index is 0.980. The molecule has 0 bridgehead atoms. The molecule has 0 saturated heterocycles. The lowest BCUT2D eigenvalue weighted by molar-refractivity contribution is 1.36. The second-order valence-corrected chi connectivity index (χ2v) is 9.15. The topological polar surface area (TPSA) is 28.1 Å². The largest absolute Gasteiger partial charge is 0.354 e. The van der Waals surface area contributed by atoms with Gasteiger partial charge in [0.2, 0.25) is 0 Å². The summed E-state index contributed by atoms with van der Waals surface area (Å²) in [5.74, 6) is 0. The number of nitrogens with one attached hydrogen (secondary N) is 1. The second-order valence-electron chi connectivity index (χ2n) is 9.15. The van der Waals surface area contributed by atoms with Crippen LogP contribution < -0.4 is 0 Å². The smallest absolute Gasteiger partial charge is 0.0788 e. The van der Waals surface area contributed by atoms with E-state index >= 15 is 0 Å². The van der Waals surface area contributed by atoms with Crippen LogP contribution in [0.25, 0.3) is 34.2 Å². The van der Waals surface area contributed by atoms with Crippen LogP contribution >= 0.6 is 0 Å². The number of aliphatic imine (C=N–C) groups is 1. The Hall–Kier alpha value is -4.43. The van der Waals surface area contributed by atoms with E-state index in [1.54, 1.807) is 0 Å². The summed E-state index contributed by atoms with van der Waals surface area (Å²) in [6, 6.07) is 38.4. The molecule has 168 valence electrons. The molecule has 0 fully saturated rings. The molecule has 1 aliphatic heterocycles. The molecular weight excluding hydrogens is 424 g/mol. The maximum atomic E-state index is 5.18. The molecule has 5 aromatic rings. The molecule has 0 unspecified atom stereocenters. The van der Waals surface area contributed by atoms with Crippen molar-refractivity contribution in [1.82, 2.24) is 4.98 Å². The molecule has 0 spiro atoms. The van der Waals surface area contributed by atoms with Crippen LogP contribution in [0.2, 0.25) is 0 Å². The highest BCUT2D eigenvalue weighted by atomic mass is 14.8. The number of H-pyrrole nitrogens is 1. The first-order chi connectivity index (χ1) is 17.2. The molecule has 0 radical (unpaired) electrons. The van der Waals surface area contributed by atoms with Crippen molar-refractivity contribution >= 4 is 17.5 Å². The Morgan fingerprint density at radius 1 is 0.571 bits per heavy atom. The predicted octanol–water partition coefficient (Wildman–Crippen LogP) is 8.31. The van der Waals surface area contributed by atoms with Crippen molar-refractivity contribution in [2.45, 2.75) is 13.8 Å². The van der Waals surface area contributed by atoms with Crippen molar-refractivity contribution in [3.05, 3.63) is 143 Å². The van der Waals surface area contributed by atoms with Gasteiger partial charge in [-0.25, -0.2) is 4.99 Å². The maximum absolute atomic E-state index is 5.18. The average molecular weight is 451 g/mol. The van der Waals surface area contributed by atoms with Gasteiger partial charge in [0.05, 0.1) is 11.4 Å². The first-order valence-corrected chi connectivity index (χ1v) is 12.0. The van der Waals surface area contributed by atoms with Crippen LogP contribution in [0, 0.1) is 13.8 Å². The van der Waals surface area contributed by atoms with Crippen molar-refractivity contribution < 1.29 is 0 Å². The Labute approximate surface area is 206 Å². The number of rotatable bonds is 4. The number of aromatic nitrogens is 1. The molecular formula is C33H26N2. The summed E-state index contributed by atoms with van der Waals surface area (Å²) in [6.07, 6.45) is 2.20. The van der Waals surface area contributed by atoms with E-state index in [0.29, 0.717) is 0 Å². The third kappa shape index (κ3) is 4.04. The summed E-state index contributed by atoms with van der Waals surface area (Å²) < 4.78 is 0. The number of benzene rings is 4. The molecule has 35 heavy (non-hydrogen) atoms. The highest BCUT2D eigenvalue weighted by Gasteiger charge is 2.22. The van der Waals surface area contributed by atoms with E-state index in [1.807, 2.05) is 6.07 Å². The summed E-state index contributed by atoms with van der Waals surface area (Å²) in [4.78, 5) is 8.86. The third-order valence-corrected chi connectivity index (χ3v) is 6.48. The quantitative estimate of drug-likeness (QED) is 0.285. The summed E-state index contributed by atoms with van der Waals surface area (Å²) in [5, 5.41) is 0. The normalized spacial score (nSPS) is 13.7. The van der Waals surface area contributed by atoms with Crippen LogP contribution in [0.15, 0.2) is 114 Å². The van der Waals surface area contributed by atoms with Gasteiger partial charge in [-0.15, -0.1) is 0 Å². The van der Waals surface area contributed by atoms with Crippen LogP contribution in [0.4, 0.5) is 0 Å². The van der Waals surface area contributed by atoms with Crippen LogP contribution in [0.3, 0.4) is 0 Å². The Kier molecular flexibility index (Phi) is 5.27. The fraction of sp³-hybridized carbons (Fsp3) is 0.0606. The Balaban J connectivity index is 1.53. The van der Waals surface area contributed by atoms with Gasteiger partial charge in [0.25, 0.3) is 0 Å². The highest BCUT2D eigenvalue weighted by molar-refractivity contribution is 6.21. The van der Waals surface area contributed by atoms with E-state index < -0.39 is 0 Å². The second kappa shape index (κ2) is 8.73. The van der Waals surface area contributed by atoms with Gasteiger partial charge in [-0.2, -0.15) is 0 Å². The Morgan fingerprint density at radius 3 is 1.86 bits per heavy atom. The number of hydrogen-bond donors (Lipinski definition) is 1. The van der Waals surface area contributed by atoms with Gasteiger partial charge < -0.3 is 4.98 Å². The highest BCUT2D eigenvalue weighted by Crippen LogP contribution is 2.36. The SMILES string of the molecule is Cc1cc(C)cc(C2=N/C(=C\c3[nH]c(-c4ccccc4)cc3-c3ccccc3)c3ccccc32)c1. The summed E-state index contributed by atoms with van der Waals surface area (Å²) in [6.45, 7) is 4.29. The lowest BCUT2D eigenvalue weighted by Crippen LogP contribution is -2.01. The van der Waals surface area contributed by atoms with Crippen LogP contribution in [0.1, 0.15) is 33.5 Å². The van der Waals surface area contributed by atoms with E-state index in [1.165, 1.54) is 33.4 Å². The molecule has 1 aliphatic rings. The molecule has 4 aromatic carbocycles. The number of nitrogens with zero attached hydrogens (tertiary/aromatic N) is 1. The molecule has 0 aliphatic carbocycles. The van der Waals surface area contributed by atoms with Crippen LogP contribution in [-0.4, -0.2) is 10.7 Å². The zero-order chi connectivity index (χ0) is 23.8. The van der Waals surface area contributed by atoms with E-state index in [-0.39, 0.29) is 0 Å². The maximum Gasteiger partial charge on any atom is 0.0788 e. The number of fused-ring (bicyclic) bond motifs is 1. The van der Waals surface area contributed by atoms with E-state index in [4.69, 9.17) is 4.99 Å². The van der Waals surface area contributed by atoms with Crippen molar-refractivity contribution in [2.24, 2.45) is 4.99 Å². The Bertz CT molecular complexity index is 1570. The lowest BCUT2D eigenvalue weighted by Gasteiger charge is -2.06. The fourth-order valence-corrected chi connectivity index (χ4v) is 4.95. The van der Waals surface area contributed by atoms with Gasteiger partial charge in [-0.05, 0) is 49.2 Å². The monoisotopic (exact) mass is 450 g/mol. The van der Waals surface area contributed by atoms with Gasteiger partial charge in [0, 0.05) is 33.6 Å². The zero-order valence-corrected chi connectivity index (χ0v) is 19.9. The molecule has 2 nitrogen and oxygen atoms in total. The molecule has 1 aromatic heterocycles. The summed E-state index contributed by atoms with van der Waals surface area (Å²) in [7, 11) is 0. The molecule has 2 heteroatoms. The third-order valence-electron chi connectivity index (χ3n) is 6.48.